The van der Waals surface area contributed by atoms with E-state index in [1.54, 1.807) is 40.7 Å². The molecule has 4 rings (SSSR count). The summed E-state index contributed by atoms with van der Waals surface area (Å²) in [5.74, 6) is 0.467. The van der Waals surface area contributed by atoms with E-state index in [-0.39, 0.29) is 11.8 Å². The average Bonchev–Trinajstić information content (AvgIpc) is 3.22. The number of piperazine rings is 1. The van der Waals surface area contributed by atoms with E-state index < -0.39 is 0 Å². The number of halogens is 1. The van der Waals surface area contributed by atoms with Crippen molar-refractivity contribution < 1.29 is 9.59 Å². The third-order valence-corrected chi connectivity index (χ3v) is 5.56. The molecule has 1 N–H and O–H groups in total. The maximum Gasteiger partial charge on any atom is 0.273 e. The predicted molar refractivity (Wildman–Crippen MR) is 114 cm³/mol. The van der Waals surface area contributed by atoms with Gasteiger partial charge in [0.1, 0.15) is 11.5 Å². The number of amides is 2. The average molecular weight is 428 g/mol. The number of hydrogen-bond donors (Lipinski definition) is 1. The van der Waals surface area contributed by atoms with Crippen molar-refractivity contribution in [1.82, 2.24) is 14.9 Å². The molecule has 2 aromatic heterocycles. The molecule has 1 aliphatic rings. The van der Waals surface area contributed by atoms with Crippen LogP contribution in [0, 0.1) is 0 Å². The van der Waals surface area contributed by atoms with Crippen molar-refractivity contribution >= 4 is 45.7 Å². The molecule has 1 aromatic carbocycles. The number of nitrogens with zero attached hydrogens (tertiary/aromatic N) is 4. The van der Waals surface area contributed by atoms with Gasteiger partial charge in [0.2, 0.25) is 0 Å². The van der Waals surface area contributed by atoms with Gasteiger partial charge in [0, 0.05) is 48.3 Å². The summed E-state index contributed by atoms with van der Waals surface area (Å²) in [5.41, 5.74) is 0.772. The van der Waals surface area contributed by atoms with E-state index in [2.05, 4.69) is 20.2 Å². The molecule has 0 spiro atoms. The minimum absolute atomic E-state index is 0.134. The SMILES string of the molecule is O=C(Nc1nc(C(=O)N2CCN(c3ccccn3)CC2)cs1)c1cccc(Cl)c1. The predicted octanol–water partition coefficient (Wildman–Crippen LogP) is 3.41. The summed E-state index contributed by atoms with van der Waals surface area (Å²) in [6.07, 6.45) is 1.77. The number of thiazole rings is 1. The van der Waals surface area contributed by atoms with Crippen LogP contribution in [0.1, 0.15) is 20.8 Å². The van der Waals surface area contributed by atoms with Crippen molar-refractivity contribution in [3.63, 3.8) is 0 Å². The monoisotopic (exact) mass is 427 g/mol. The zero-order valence-corrected chi connectivity index (χ0v) is 17.0. The van der Waals surface area contributed by atoms with Crippen LogP contribution in [0.5, 0.6) is 0 Å². The molecule has 1 fully saturated rings. The Bertz CT molecular complexity index is 1020. The molecule has 3 heterocycles. The maximum absolute atomic E-state index is 12.8. The van der Waals surface area contributed by atoms with Crippen LogP contribution in [0.25, 0.3) is 0 Å². The topological polar surface area (TPSA) is 78.4 Å². The van der Waals surface area contributed by atoms with Gasteiger partial charge in [-0.15, -0.1) is 11.3 Å². The largest absolute Gasteiger partial charge is 0.353 e. The van der Waals surface area contributed by atoms with Gasteiger partial charge in [-0.25, -0.2) is 9.97 Å². The van der Waals surface area contributed by atoms with Gasteiger partial charge in [-0.3, -0.25) is 14.9 Å². The molecule has 148 valence electrons. The first-order chi connectivity index (χ1) is 14.1. The lowest BCUT2D eigenvalue weighted by Gasteiger charge is -2.35. The first-order valence-electron chi connectivity index (χ1n) is 9.08. The molecule has 7 nitrogen and oxygen atoms in total. The number of hydrogen-bond acceptors (Lipinski definition) is 6. The van der Waals surface area contributed by atoms with Crippen LogP contribution in [0.3, 0.4) is 0 Å². The standard InChI is InChI=1S/C20H18ClN5O2S/c21-15-5-3-4-14(12-15)18(27)24-20-23-16(13-29-20)19(28)26-10-8-25(9-11-26)17-6-1-2-7-22-17/h1-7,12-13H,8-11H2,(H,23,24,27). The molecule has 0 radical (unpaired) electrons. The number of nitrogens with one attached hydrogen (secondary N) is 1. The molecular formula is C20H18ClN5O2S. The van der Waals surface area contributed by atoms with Crippen molar-refractivity contribution in [3.05, 3.63) is 70.3 Å². The van der Waals surface area contributed by atoms with Crippen LogP contribution in [-0.4, -0.2) is 52.9 Å². The molecule has 0 aliphatic carbocycles. The Balaban J connectivity index is 1.36. The first kappa shape index (κ1) is 19.4. The Morgan fingerprint density at radius 2 is 1.90 bits per heavy atom. The molecule has 0 saturated carbocycles. The van der Waals surface area contributed by atoms with Gasteiger partial charge in [-0.1, -0.05) is 23.7 Å². The van der Waals surface area contributed by atoms with Gasteiger partial charge < -0.3 is 9.80 Å². The second-order valence-electron chi connectivity index (χ2n) is 6.47. The highest BCUT2D eigenvalue weighted by Crippen LogP contribution is 2.20. The number of benzene rings is 1. The summed E-state index contributed by atoms with van der Waals surface area (Å²) in [6.45, 7) is 2.62. The van der Waals surface area contributed by atoms with Gasteiger partial charge in [-0.2, -0.15) is 0 Å². The Kier molecular flexibility index (Phi) is 5.73. The molecule has 0 bridgehead atoms. The molecule has 0 atom stereocenters. The lowest BCUT2D eigenvalue weighted by molar-refractivity contribution is 0.0741. The van der Waals surface area contributed by atoms with Gasteiger partial charge in [-0.05, 0) is 30.3 Å². The summed E-state index contributed by atoms with van der Waals surface area (Å²) in [6, 6.07) is 12.5. The van der Waals surface area contributed by atoms with Crippen molar-refractivity contribution in [2.24, 2.45) is 0 Å². The molecular weight excluding hydrogens is 410 g/mol. The van der Waals surface area contributed by atoms with Crippen molar-refractivity contribution in [3.8, 4) is 0 Å². The second kappa shape index (κ2) is 8.59. The molecule has 1 aliphatic heterocycles. The van der Waals surface area contributed by atoms with E-state index in [1.807, 2.05) is 18.2 Å². The van der Waals surface area contributed by atoms with E-state index in [0.29, 0.717) is 47.6 Å². The minimum Gasteiger partial charge on any atom is -0.353 e. The van der Waals surface area contributed by atoms with E-state index in [1.165, 1.54) is 11.3 Å². The number of pyridine rings is 1. The highest BCUT2D eigenvalue weighted by atomic mass is 35.5. The third kappa shape index (κ3) is 4.55. The van der Waals surface area contributed by atoms with Gasteiger partial charge in [0.25, 0.3) is 11.8 Å². The fourth-order valence-electron chi connectivity index (χ4n) is 3.07. The fraction of sp³-hybridized carbons (Fsp3) is 0.200. The molecule has 2 amide bonds. The normalized spacial score (nSPS) is 14.0. The molecule has 0 unspecified atom stereocenters. The third-order valence-electron chi connectivity index (χ3n) is 4.57. The summed E-state index contributed by atoms with van der Waals surface area (Å²) in [7, 11) is 0. The van der Waals surface area contributed by atoms with Crippen molar-refractivity contribution in [2.75, 3.05) is 36.4 Å². The highest BCUT2D eigenvalue weighted by Gasteiger charge is 2.24. The summed E-state index contributed by atoms with van der Waals surface area (Å²) < 4.78 is 0. The minimum atomic E-state index is -0.315. The zero-order valence-electron chi connectivity index (χ0n) is 15.4. The van der Waals surface area contributed by atoms with Crippen LogP contribution >= 0.6 is 22.9 Å². The molecule has 1 saturated heterocycles. The summed E-state index contributed by atoms with van der Waals surface area (Å²) in [4.78, 5) is 37.6. The Labute approximate surface area is 177 Å². The van der Waals surface area contributed by atoms with Crippen molar-refractivity contribution in [2.45, 2.75) is 0 Å². The van der Waals surface area contributed by atoms with Crippen LogP contribution in [0.4, 0.5) is 10.9 Å². The smallest absolute Gasteiger partial charge is 0.273 e. The van der Waals surface area contributed by atoms with Crippen LogP contribution in [0.2, 0.25) is 5.02 Å². The highest BCUT2D eigenvalue weighted by molar-refractivity contribution is 7.14. The van der Waals surface area contributed by atoms with Crippen LogP contribution in [-0.2, 0) is 0 Å². The zero-order chi connectivity index (χ0) is 20.2. The first-order valence-corrected chi connectivity index (χ1v) is 10.3. The Morgan fingerprint density at radius 3 is 2.62 bits per heavy atom. The summed E-state index contributed by atoms with van der Waals surface area (Å²) in [5, 5.41) is 5.25. The number of carbonyl (C=O) groups is 2. The van der Waals surface area contributed by atoms with Crippen LogP contribution < -0.4 is 10.2 Å². The van der Waals surface area contributed by atoms with Gasteiger partial charge in [0.05, 0.1) is 0 Å². The quantitative estimate of drug-likeness (QED) is 0.690. The van der Waals surface area contributed by atoms with Gasteiger partial charge >= 0.3 is 0 Å². The number of carbonyl (C=O) groups excluding carboxylic acids is 2. The fourth-order valence-corrected chi connectivity index (χ4v) is 3.94. The molecule has 9 heteroatoms. The second-order valence-corrected chi connectivity index (χ2v) is 7.76. The number of rotatable bonds is 4. The lowest BCUT2D eigenvalue weighted by atomic mass is 10.2. The van der Waals surface area contributed by atoms with E-state index in [9.17, 15) is 9.59 Å². The lowest BCUT2D eigenvalue weighted by Crippen LogP contribution is -2.49. The van der Waals surface area contributed by atoms with E-state index in [4.69, 9.17) is 11.6 Å². The molecule has 29 heavy (non-hydrogen) atoms. The summed E-state index contributed by atoms with van der Waals surface area (Å²) >= 11 is 7.14. The number of anilines is 2. The van der Waals surface area contributed by atoms with Crippen LogP contribution in [0.15, 0.2) is 54.0 Å². The van der Waals surface area contributed by atoms with Crippen molar-refractivity contribution in [1.29, 1.82) is 0 Å². The number of aromatic nitrogens is 2. The Morgan fingerprint density at radius 1 is 1.07 bits per heavy atom. The van der Waals surface area contributed by atoms with E-state index in [0.717, 1.165) is 5.82 Å². The van der Waals surface area contributed by atoms with Gasteiger partial charge in [0.15, 0.2) is 5.13 Å². The Hall–Kier alpha value is -2.97. The maximum atomic E-state index is 12.8. The van der Waals surface area contributed by atoms with E-state index >= 15 is 0 Å². The molecule has 3 aromatic rings.